The van der Waals surface area contributed by atoms with E-state index in [0.29, 0.717) is 6.42 Å². The van der Waals surface area contributed by atoms with E-state index in [1.54, 1.807) is 4.90 Å². The number of aliphatic carboxylic acids is 1. The Kier molecular flexibility index (Phi) is 5.17. The average Bonchev–Trinajstić information content (AvgIpc) is 2.74. The van der Waals surface area contributed by atoms with Gasteiger partial charge in [-0.3, -0.25) is 9.59 Å². The molecule has 104 valence electrons. The van der Waals surface area contributed by atoms with Gasteiger partial charge in [-0.25, -0.2) is 0 Å². The summed E-state index contributed by atoms with van der Waals surface area (Å²) in [4.78, 5) is 24.6. The third-order valence-corrected chi connectivity index (χ3v) is 3.48. The minimum atomic E-state index is -0.911. The molecular formula is C14H25NO3. The summed E-state index contributed by atoms with van der Waals surface area (Å²) in [5.41, 5.74) is 0.111. The van der Waals surface area contributed by atoms with Gasteiger partial charge in [0.2, 0.25) is 5.91 Å². The number of carboxylic acids is 1. The Morgan fingerprint density at radius 2 is 1.78 bits per heavy atom. The van der Waals surface area contributed by atoms with Gasteiger partial charge in [0.25, 0.3) is 0 Å². The standard InChI is InChI=1S/C14H25NO3/c1-14(2,3)9-8-12(16)15(10-13(17)18)11-6-4-5-7-11/h11H,4-10H2,1-3H3,(H,17,18). The number of amides is 1. The van der Waals surface area contributed by atoms with E-state index < -0.39 is 5.97 Å². The quantitative estimate of drug-likeness (QED) is 0.821. The minimum Gasteiger partial charge on any atom is -0.480 e. The normalized spacial score (nSPS) is 16.8. The maximum absolute atomic E-state index is 12.2. The SMILES string of the molecule is CC(C)(C)CCC(=O)N(CC(=O)O)C1CCCC1. The summed E-state index contributed by atoms with van der Waals surface area (Å²) in [5, 5.41) is 8.93. The Morgan fingerprint density at radius 1 is 1.22 bits per heavy atom. The summed E-state index contributed by atoms with van der Waals surface area (Å²) >= 11 is 0. The third-order valence-electron chi connectivity index (χ3n) is 3.48. The van der Waals surface area contributed by atoms with E-state index in [1.165, 1.54) is 0 Å². The molecule has 0 aliphatic heterocycles. The molecule has 0 unspecified atom stereocenters. The van der Waals surface area contributed by atoms with Crippen LogP contribution in [0, 0.1) is 5.41 Å². The third kappa shape index (κ3) is 5.07. The molecule has 0 radical (unpaired) electrons. The second kappa shape index (κ2) is 6.21. The van der Waals surface area contributed by atoms with Crippen LogP contribution in [0.15, 0.2) is 0 Å². The maximum atomic E-state index is 12.2. The summed E-state index contributed by atoms with van der Waals surface area (Å²) in [7, 11) is 0. The average molecular weight is 255 g/mol. The molecule has 0 saturated heterocycles. The smallest absolute Gasteiger partial charge is 0.323 e. The van der Waals surface area contributed by atoms with Crippen molar-refractivity contribution in [1.29, 1.82) is 0 Å². The van der Waals surface area contributed by atoms with Crippen molar-refractivity contribution >= 4 is 11.9 Å². The number of carbonyl (C=O) groups excluding carboxylic acids is 1. The zero-order chi connectivity index (χ0) is 13.8. The van der Waals surface area contributed by atoms with Gasteiger partial charge in [-0.2, -0.15) is 0 Å². The molecule has 18 heavy (non-hydrogen) atoms. The molecule has 0 aromatic heterocycles. The van der Waals surface area contributed by atoms with Crippen LogP contribution in [0.3, 0.4) is 0 Å². The Labute approximate surface area is 109 Å². The molecule has 1 saturated carbocycles. The first kappa shape index (κ1) is 15.0. The summed E-state index contributed by atoms with van der Waals surface area (Å²) in [5.74, 6) is -0.912. The van der Waals surface area contributed by atoms with Crippen molar-refractivity contribution in [2.75, 3.05) is 6.54 Å². The van der Waals surface area contributed by atoms with Crippen LogP contribution in [0.25, 0.3) is 0 Å². The molecule has 4 heteroatoms. The van der Waals surface area contributed by atoms with Gasteiger partial charge in [-0.1, -0.05) is 33.6 Å². The lowest BCUT2D eigenvalue weighted by molar-refractivity contribution is -0.146. The number of hydrogen-bond acceptors (Lipinski definition) is 2. The first-order chi connectivity index (χ1) is 8.29. The highest BCUT2D eigenvalue weighted by molar-refractivity contribution is 5.81. The number of hydrogen-bond donors (Lipinski definition) is 1. The predicted octanol–water partition coefficient (Wildman–Crippen LogP) is 2.67. The minimum absolute atomic E-state index is 0.000718. The highest BCUT2D eigenvalue weighted by atomic mass is 16.4. The fourth-order valence-corrected chi connectivity index (χ4v) is 2.41. The second-order valence-electron chi connectivity index (χ2n) is 6.41. The molecule has 0 aromatic carbocycles. The van der Waals surface area contributed by atoms with Gasteiger partial charge in [0, 0.05) is 12.5 Å². The first-order valence-electron chi connectivity index (χ1n) is 6.81. The van der Waals surface area contributed by atoms with Crippen LogP contribution in [-0.2, 0) is 9.59 Å². The highest BCUT2D eigenvalue weighted by Crippen LogP contribution is 2.26. The lowest BCUT2D eigenvalue weighted by atomic mass is 9.90. The molecule has 1 aliphatic rings. The van der Waals surface area contributed by atoms with E-state index in [-0.39, 0.29) is 23.9 Å². The summed E-state index contributed by atoms with van der Waals surface area (Å²) < 4.78 is 0. The van der Waals surface area contributed by atoms with Crippen molar-refractivity contribution in [1.82, 2.24) is 4.90 Å². The van der Waals surface area contributed by atoms with Crippen LogP contribution in [0.4, 0.5) is 0 Å². The van der Waals surface area contributed by atoms with Crippen LogP contribution in [-0.4, -0.2) is 34.5 Å². The highest BCUT2D eigenvalue weighted by Gasteiger charge is 2.28. The van der Waals surface area contributed by atoms with Gasteiger partial charge in [-0.05, 0) is 24.7 Å². The predicted molar refractivity (Wildman–Crippen MR) is 70.3 cm³/mol. The fraction of sp³-hybridized carbons (Fsp3) is 0.857. The second-order valence-corrected chi connectivity index (χ2v) is 6.41. The molecule has 0 heterocycles. The molecule has 1 fully saturated rings. The Morgan fingerprint density at radius 3 is 2.22 bits per heavy atom. The van der Waals surface area contributed by atoms with Crippen molar-refractivity contribution in [2.24, 2.45) is 5.41 Å². The topological polar surface area (TPSA) is 57.6 Å². The van der Waals surface area contributed by atoms with Crippen molar-refractivity contribution < 1.29 is 14.7 Å². The van der Waals surface area contributed by atoms with Crippen molar-refractivity contribution in [3.8, 4) is 0 Å². The molecular weight excluding hydrogens is 230 g/mol. The van der Waals surface area contributed by atoms with E-state index in [2.05, 4.69) is 20.8 Å². The molecule has 0 aromatic rings. The summed E-state index contributed by atoms with van der Waals surface area (Å²) in [6.07, 6.45) is 5.37. The molecule has 1 amide bonds. The molecule has 1 rings (SSSR count). The van der Waals surface area contributed by atoms with Crippen LogP contribution in [0.2, 0.25) is 0 Å². The molecule has 0 atom stereocenters. The molecule has 0 bridgehead atoms. The molecule has 0 spiro atoms. The van der Waals surface area contributed by atoms with E-state index in [4.69, 9.17) is 5.11 Å². The number of rotatable bonds is 5. The molecule has 1 aliphatic carbocycles. The van der Waals surface area contributed by atoms with Crippen LogP contribution >= 0.6 is 0 Å². The largest absolute Gasteiger partial charge is 0.480 e. The van der Waals surface area contributed by atoms with Crippen LogP contribution in [0.5, 0.6) is 0 Å². The van der Waals surface area contributed by atoms with Gasteiger partial charge in [0.05, 0.1) is 0 Å². The Bertz CT molecular complexity index is 301. The monoisotopic (exact) mass is 255 g/mol. The van der Waals surface area contributed by atoms with E-state index in [9.17, 15) is 9.59 Å². The summed E-state index contributed by atoms with van der Waals surface area (Å²) in [6, 6.07) is 0.147. The van der Waals surface area contributed by atoms with E-state index in [0.717, 1.165) is 32.1 Å². The van der Waals surface area contributed by atoms with Crippen molar-refractivity contribution in [3.63, 3.8) is 0 Å². The zero-order valence-electron chi connectivity index (χ0n) is 11.7. The number of nitrogens with zero attached hydrogens (tertiary/aromatic N) is 1. The van der Waals surface area contributed by atoms with Crippen molar-refractivity contribution in [3.05, 3.63) is 0 Å². The van der Waals surface area contributed by atoms with Gasteiger partial charge >= 0.3 is 5.97 Å². The van der Waals surface area contributed by atoms with Gasteiger partial charge in [0.15, 0.2) is 0 Å². The fourth-order valence-electron chi connectivity index (χ4n) is 2.41. The van der Waals surface area contributed by atoms with Gasteiger partial charge in [-0.15, -0.1) is 0 Å². The number of carboxylic acid groups (broad SMARTS) is 1. The van der Waals surface area contributed by atoms with Crippen LogP contribution in [0.1, 0.15) is 59.3 Å². The first-order valence-corrected chi connectivity index (χ1v) is 6.81. The van der Waals surface area contributed by atoms with Gasteiger partial charge in [0.1, 0.15) is 6.54 Å². The zero-order valence-corrected chi connectivity index (χ0v) is 11.7. The number of carbonyl (C=O) groups is 2. The van der Waals surface area contributed by atoms with E-state index in [1.807, 2.05) is 0 Å². The maximum Gasteiger partial charge on any atom is 0.323 e. The van der Waals surface area contributed by atoms with Crippen LogP contribution < -0.4 is 0 Å². The van der Waals surface area contributed by atoms with Crippen molar-refractivity contribution in [2.45, 2.75) is 65.3 Å². The Balaban J connectivity index is 2.58. The van der Waals surface area contributed by atoms with E-state index >= 15 is 0 Å². The molecule has 4 nitrogen and oxygen atoms in total. The summed E-state index contributed by atoms with van der Waals surface area (Å²) in [6.45, 7) is 6.14. The lowest BCUT2D eigenvalue weighted by Crippen LogP contribution is -2.42. The molecule has 1 N–H and O–H groups in total. The lowest BCUT2D eigenvalue weighted by Gasteiger charge is -2.28. The van der Waals surface area contributed by atoms with Gasteiger partial charge < -0.3 is 10.0 Å². The Hall–Kier alpha value is -1.06.